The van der Waals surface area contributed by atoms with Crippen LogP contribution in [-0.4, -0.2) is 15.2 Å². The molecule has 0 saturated carbocycles. The highest BCUT2D eigenvalue weighted by molar-refractivity contribution is 5.88. The highest BCUT2D eigenvalue weighted by Crippen LogP contribution is 2.38. The lowest BCUT2D eigenvalue weighted by molar-refractivity contribution is 0.312. The SMILES string of the molecule is C=C(C)Nc1ccc2cc(-c3n[nH]c4c3CCC(C)(C)C4)[nH]c2c1. The van der Waals surface area contributed by atoms with Gasteiger partial charge in [0.15, 0.2) is 0 Å². The van der Waals surface area contributed by atoms with Crippen molar-refractivity contribution < 1.29 is 0 Å². The van der Waals surface area contributed by atoms with Crippen LogP contribution in [0.5, 0.6) is 0 Å². The van der Waals surface area contributed by atoms with E-state index in [0.29, 0.717) is 5.41 Å². The topological polar surface area (TPSA) is 56.5 Å². The number of rotatable bonds is 3. The third-order valence-corrected chi connectivity index (χ3v) is 4.90. The summed E-state index contributed by atoms with van der Waals surface area (Å²) in [5.74, 6) is 0. The number of H-pyrrole nitrogens is 2. The lowest BCUT2D eigenvalue weighted by Gasteiger charge is -2.28. The molecule has 3 N–H and O–H groups in total. The number of allylic oxidation sites excluding steroid dienone is 1. The summed E-state index contributed by atoms with van der Waals surface area (Å²) in [5, 5.41) is 12.3. The first-order valence-corrected chi connectivity index (χ1v) is 8.53. The third-order valence-electron chi connectivity index (χ3n) is 4.90. The number of nitrogens with one attached hydrogen (secondary N) is 3. The van der Waals surface area contributed by atoms with Gasteiger partial charge in [0.05, 0.1) is 5.69 Å². The van der Waals surface area contributed by atoms with Crippen molar-refractivity contribution in [2.75, 3.05) is 5.32 Å². The van der Waals surface area contributed by atoms with Gasteiger partial charge in [-0.15, -0.1) is 0 Å². The van der Waals surface area contributed by atoms with E-state index < -0.39 is 0 Å². The minimum Gasteiger partial charge on any atom is -0.360 e. The zero-order valence-electron chi connectivity index (χ0n) is 14.6. The number of fused-ring (bicyclic) bond motifs is 2. The summed E-state index contributed by atoms with van der Waals surface area (Å²) in [5.41, 5.74) is 8.30. The molecule has 0 aliphatic heterocycles. The quantitative estimate of drug-likeness (QED) is 0.635. The van der Waals surface area contributed by atoms with Crippen LogP contribution in [0.25, 0.3) is 22.3 Å². The molecule has 4 rings (SSSR count). The number of benzene rings is 1. The normalized spacial score (nSPS) is 16.1. The summed E-state index contributed by atoms with van der Waals surface area (Å²) in [6.07, 6.45) is 3.37. The van der Waals surface area contributed by atoms with E-state index in [1.807, 2.05) is 6.92 Å². The van der Waals surface area contributed by atoms with Crippen molar-refractivity contribution in [2.24, 2.45) is 5.41 Å². The summed E-state index contributed by atoms with van der Waals surface area (Å²) >= 11 is 0. The zero-order valence-corrected chi connectivity index (χ0v) is 14.6. The highest BCUT2D eigenvalue weighted by atomic mass is 15.1. The van der Waals surface area contributed by atoms with E-state index in [9.17, 15) is 0 Å². The average molecular weight is 320 g/mol. The van der Waals surface area contributed by atoms with Crippen LogP contribution in [0.3, 0.4) is 0 Å². The van der Waals surface area contributed by atoms with Gasteiger partial charge in [-0.25, -0.2) is 0 Å². The molecule has 0 amide bonds. The van der Waals surface area contributed by atoms with Gasteiger partial charge in [-0.3, -0.25) is 5.10 Å². The molecular weight excluding hydrogens is 296 g/mol. The standard InChI is InChI=1S/C20H24N4/c1-12(2)21-14-6-5-13-9-17(22-16(13)10-14)19-15-7-8-20(3,4)11-18(15)23-24-19/h5-6,9-10,21-22H,1,7-8,11H2,2-4H3,(H,23,24). The van der Waals surface area contributed by atoms with E-state index >= 15 is 0 Å². The Kier molecular flexibility index (Phi) is 3.30. The second kappa shape index (κ2) is 5.26. The third kappa shape index (κ3) is 2.62. The fraction of sp³-hybridized carbons (Fsp3) is 0.350. The number of hydrogen-bond donors (Lipinski definition) is 3. The van der Waals surface area contributed by atoms with Crippen LogP contribution in [0.1, 0.15) is 38.4 Å². The minimum absolute atomic E-state index is 0.361. The van der Waals surface area contributed by atoms with Crippen molar-refractivity contribution in [3.05, 3.63) is 47.8 Å². The molecule has 124 valence electrons. The molecule has 0 saturated heterocycles. The van der Waals surface area contributed by atoms with Crippen molar-refractivity contribution in [1.29, 1.82) is 0 Å². The first-order valence-electron chi connectivity index (χ1n) is 8.53. The fourth-order valence-corrected chi connectivity index (χ4v) is 3.65. The summed E-state index contributed by atoms with van der Waals surface area (Å²) in [4.78, 5) is 3.53. The smallest absolute Gasteiger partial charge is 0.112 e. The van der Waals surface area contributed by atoms with Gasteiger partial charge < -0.3 is 10.3 Å². The lowest BCUT2D eigenvalue weighted by atomic mass is 9.76. The monoisotopic (exact) mass is 320 g/mol. The molecule has 0 bridgehead atoms. The molecule has 2 heterocycles. The average Bonchev–Trinajstić information content (AvgIpc) is 3.07. The van der Waals surface area contributed by atoms with Crippen LogP contribution in [0.2, 0.25) is 0 Å². The molecule has 1 aliphatic carbocycles. The molecule has 1 aromatic carbocycles. The van der Waals surface area contributed by atoms with Crippen molar-refractivity contribution >= 4 is 16.6 Å². The number of nitrogens with zero attached hydrogens (tertiary/aromatic N) is 1. The summed E-state index contributed by atoms with van der Waals surface area (Å²) in [6, 6.07) is 8.52. The van der Waals surface area contributed by atoms with Gasteiger partial charge >= 0.3 is 0 Å². The fourth-order valence-electron chi connectivity index (χ4n) is 3.65. The van der Waals surface area contributed by atoms with E-state index in [1.54, 1.807) is 0 Å². The van der Waals surface area contributed by atoms with Crippen LogP contribution in [0.4, 0.5) is 5.69 Å². The van der Waals surface area contributed by atoms with E-state index in [2.05, 4.69) is 65.2 Å². The Hall–Kier alpha value is -2.49. The molecule has 0 atom stereocenters. The van der Waals surface area contributed by atoms with Crippen LogP contribution in [0, 0.1) is 5.41 Å². The Morgan fingerprint density at radius 2 is 2.12 bits per heavy atom. The van der Waals surface area contributed by atoms with Gasteiger partial charge in [-0.1, -0.05) is 26.5 Å². The number of hydrogen-bond acceptors (Lipinski definition) is 2. The molecular formula is C20H24N4. The van der Waals surface area contributed by atoms with E-state index in [1.165, 1.54) is 23.1 Å². The van der Waals surface area contributed by atoms with Crippen molar-refractivity contribution in [1.82, 2.24) is 15.2 Å². The lowest BCUT2D eigenvalue weighted by Crippen LogP contribution is -2.21. The first-order chi connectivity index (χ1) is 11.4. The maximum absolute atomic E-state index is 4.61. The zero-order chi connectivity index (χ0) is 16.9. The first kappa shape index (κ1) is 15.1. The Balaban J connectivity index is 1.73. The maximum Gasteiger partial charge on any atom is 0.112 e. The summed E-state index contributed by atoms with van der Waals surface area (Å²) in [6.45, 7) is 10.5. The molecule has 3 aromatic rings. The highest BCUT2D eigenvalue weighted by Gasteiger charge is 2.29. The Morgan fingerprint density at radius 3 is 2.92 bits per heavy atom. The summed E-state index contributed by atoms with van der Waals surface area (Å²) in [7, 11) is 0. The van der Waals surface area contributed by atoms with Gasteiger partial charge in [0.25, 0.3) is 0 Å². The van der Waals surface area contributed by atoms with Crippen molar-refractivity contribution in [3.8, 4) is 11.4 Å². The Bertz CT molecular complexity index is 926. The van der Waals surface area contributed by atoms with Crippen LogP contribution in [-0.2, 0) is 12.8 Å². The summed E-state index contributed by atoms with van der Waals surface area (Å²) < 4.78 is 0. The van der Waals surface area contributed by atoms with Gasteiger partial charge in [-0.05, 0) is 49.8 Å². The second-order valence-electron chi connectivity index (χ2n) is 7.76. The van der Waals surface area contributed by atoms with E-state index in [-0.39, 0.29) is 0 Å². The number of aromatic amines is 2. The molecule has 24 heavy (non-hydrogen) atoms. The van der Waals surface area contributed by atoms with Crippen LogP contribution < -0.4 is 5.32 Å². The largest absolute Gasteiger partial charge is 0.360 e. The Labute approximate surface area is 142 Å². The van der Waals surface area contributed by atoms with Gasteiger partial charge in [0, 0.05) is 33.5 Å². The number of anilines is 1. The molecule has 4 heteroatoms. The molecule has 0 fully saturated rings. The number of aromatic nitrogens is 3. The van der Waals surface area contributed by atoms with Crippen molar-refractivity contribution in [2.45, 2.75) is 40.0 Å². The second-order valence-corrected chi connectivity index (χ2v) is 7.76. The molecule has 4 nitrogen and oxygen atoms in total. The van der Waals surface area contributed by atoms with Crippen LogP contribution in [0.15, 0.2) is 36.5 Å². The van der Waals surface area contributed by atoms with E-state index in [0.717, 1.165) is 41.1 Å². The molecule has 1 aliphatic rings. The predicted octanol–water partition coefficient (Wildman–Crippen LogP) is 5.02. The van der Waals surface area contributed by atoms with Gasteiger partial charge in [0.1, 0.15) is 5.69 Å². The molecule has 0 unspecified atom stereocenters. The predicted molar refractivity (Wildman–Crippen MR) is 100 cm³/mol. The molecule has 0 radical (unpaired) electrons. The van der Waals surface area contributed by atoms with Gasteiger partial charge in [0.2, 0.25) is 0 Å². The van der Waals surface area contributed by atoms with Crippen LogP contribution >= 0.6 is 0 Å². The molecule has 0 spiro atoms. The Morgan fingerprint density at radius 1 is 1.29 bits per heavy atom. The van der Waals surface area contributed by atoms with Crippen molar-refractivity contribution in [3.63, 3.8) is 0 Å². The van der Waals surface area contributed by atoms with Gasteiger partial charge in [-0.2, -0.15) is 5.10 Å². The molecule has 2 aromatic heterocycles. The minimum atomic E-state index is 0.361. The maximum atomic E-state index is 4.61. The van der Waals surface area contributed by atoms with E-state index in [4.69, 9.17) is 0 Å².